The summed E-state index contributed by atoms with van der Waals surface area (Å²) in [6.45, 7) is -0.140. The van der Waals surface area contributed by atoms with E-state index in [1.165, 1.54) is 0 Å². The van der Waals surface area contributed by atoms with Gasteiger partial charge in [-0.1, -0.05) is 0 Å². The first-order valence-corrected chi connectivity index (χ1v) is 5.60. The number of cyclic esters (lactones) is 2. The Morgan fingerprint density at radius 1 is 1.40 bits per heavy atom. The van der Waals surface area contributed by atoms with Crippen molar-refractivity contribution in [1.82, 2.24) is 0 Å². The fraction of sp³-hybridized carbons (Fsp3) is 0.833. The van der Waals surface area contributed by atoms with Crippen molar-refractivity contribution in [1.29, 1.82) is 0 Å². The van der Waals surface area contributed by atoms with Gasteiger partial charge in [0.1, 0.15) is 6.61 Å². The van der Waals surface area contributed by atoms with Crippen LogP contribution in [0.15, 0.2) is 0 Å². The summed E-state index contributed by atoms with van der Waals surface area (Å²) in [6, 6.07) is 0. The van der Waals surface area contributed by atoms with Crippen molar-refractivity contribution < 1.29 is 36.8 Å². The highest BCUT2D eigenvalue weighted by atomic mass is 31.2. The number of carbonyl (C=O) groups excluding carboxylic acids is 1. The normalized spacial score (nSPS) is 33.8. The topological polar surface area (TPSA) is 80.3 Å². The Balaban J connectivity index is 1.83. The van der Waals surface area contributed by atoms with Gasteiger partial charge < -0.3 is 9.47 Å². The van der Waals surface area contributed by atoms with Gasteiger partial charge in [0.15, 0.2) is 6.10 Å². The summed E-state index contributed by atoms with van der Waals surface area (Å²) in [6.07, 6.45) is -4.29. The first kappa shape index (κ1) is 10.8. The van der Waals surface area contributed by atoms with Gasteiger partial charge in [0, 0.05) is 0 Å². The number of rotatable bonds is 3. The van der Waals surface area contributed by atoms with Crippen LogP contribution >= 0.6 is 7.82 Å². The van der Waals surface area contributed by atoms with E-state index in [0.717, 1.165) is 0 Å². The van der Waals surface area contributed by atoms with Crippen LogP contribution in [0.1, 0.15) is 0 Å². The molecule has 86 valence electrons. The summed E-state index contributed by atoms with van der Waals surface area (Å²) in [5.74, 6) is 0. The second-order valence-electron chi connectivity index (χ2n) is 2.78. The smallest absolute Gasteiger partial charge is 0.421 e. The van der Waals surface area contributed by atoms with Crippen LogP contribution in [0.5, 0.6) is 0 Å². The van der Waals surface area contributed by atoms with Gasteiger partial charge in [0.25, 0.3) is 6.36 Å². The summed E-state index contributed by atoms with van der Waals surface area (Å²) in [4.78, 5) is 10.5. The van der Waals surface area contributed by atoms with E-state index in [-0.39, 0.29) is 13.2 Å². The SMILES string of the molecule is O=C1OC(F)C(COP2(=O)OCCO2)O1. The molecule has 7 nitrogen and oxygen atoms in total. The molecule has 15 heavy (non-hydrogen) atoms. The molecule has 2 aliphatic heterocycles. The zero-order valence-electron chi connectivity index (χ0n) is 7.46. The molecule has 0 radical (unpaired) electrons. The molecule has 2 atom stereocenters. The van der Waals surface area contributed by atoms with Crippen molar-refractivity contribution in [3.63, 3.8) is 0 Å². The van der Waals surface area contributed by atoms with Crippen LogP contribution in [-0.2, 0) is 27.6 Å². The van der Waals surface area contributed by atoms with E-state index in [1.54, 1.807) is 0 Å². The summed E-state index contributed by atoms with van der Waals surface area (Å²) >= 11 is 0. The van der Waals surface area contributed by atoms with Gasteiger partial charge in [0.05, 0.1) is 13.2 Å². The van der Waals surface area contributed by atoms with Crippen LogP contribution in [0.4, 0.5) is 9.18 Å². The summed E-state index contributed by atoms with van der Waals surface area (Å²) in [7, 11) is -3.58. The van der Waals surface area contributed by atoms with Crippen molar-refractivity contribution >= 4 is 14.0 Å². The minimum absolute atomic E-state index is 0.150. The third-order valence-corrected chi connectivity index (χ3v) is 3.19. The van der Waals surface area contributed by atoms with Crippen molar-refractivity contribution in [3.8, 4) is 0 Å². The van der Waals surface area contributed by atoms with Crippen LogP contribution in [0, 0.1) is 0 Å². The number of halogens is 1. The Bertz CT molecular complexity index is 298. The van der Waals surface area contributed by atoms with Crippen LogP contribution in [0.2, 0.25) is 0 Å². The van der Waals surface area contributed by atoms with Crippen LogP contribution in [0.3, 0.4) is 0 Å². The van der Waals surface area contributed by atoms with Gasteiger partial charge in [-0.05, 0) is 0 Å². The Hall–Kier alpha value is -0.690. The van der Waals surface area contributed by atoms with Crippen molar-refractivity contribution in [2.45, 2.75) is 12.5 Å². The molecule has 0 saturated carbocycles. The molecule has 0 aromatic heterocycles. The molecule has 2 rings (SSSR count). The Kier molecular flexibility index (Phi) is 2.92. The molecule has 0 spiro atoms. The molecule has 9 heteroatoms. The molecular weight excluding hydrogens is 234 g/mol. The minimum Gasteiger partial charge on any atom is -0.421 e. The maximum Gasteiger partial charge on any atom is 0.511 e. The standard InChI is InChI=1S/C6H8FO7P/c7-5-4(13-6(8)14-5)3-12-15(9)10-1-2-11-15/h4-5H,1-3H2. The highest BCUT2D eigenvalue weighted by Gasteiger charge is 2.40. The molecule has 0 bridgehead atoms. The number of alkyl halides is 1. The number of carbonyl (C=O) groups is 1. The lowest BCUT2D eigenvalue weighted by atomic mass is 10.4. The molecule has 2 aliphatic rings. The first-order valence-electron chi connectivity index (χ1n) is 4.14. The van der Waals surface area contributed by atoms with Gasteiger partial charge in [-0.25, -0.2) is 9.36 Å². The average Bonchev–Trinajstić information content (AvgIpc) is 2.71. The molecule has 0 aromatic carbocycles. The third kappa shape index (κ3) is 2.46. The molecule has 2 heterocycles. The largest absolute Gasteiger partial charge is 0.511 e. The van der Waals surface area contributed by atoms with E-state index < -0.39 is 33.0 Å². The second-order valence-corrected chi connectivity index (χ2v) is 4.45. The lowest BCUT2D eigenvalue weighted by Gasteiger charge is -2.12. The fourth-order valence-electron chi connectivity index (χ4n) is 1.06. The van der Waals surface area contributed by atoms with E-state index in [9.17, 15) is 13.8 Å². The average molecular weight is 242 g/mol. The minimum atomic E-state index is -3.58. The maximum atomic E-state index is 12.8. The molecule has 0 aromatic rings. The van der Waals surface area contributed by atoms with E-state index in [2.05, 4.69) is 18.5 Å². The summed E-state index contributed by atoms with van der Waals surface area (Å²) in [5, 5.41) is 0. The Morgan fingerprint density at radius 2 is 2.07 bits per heavy atom. The van der Waals surface area contributed by atoms with Crippen molar-refractivity contribution in [3.05, 3.63) is 0 Å². The number of hydrogen-bond donors (Lipinski definition) is 0. The zero-order chi connectivity index (χ0) is 10.9. The van der Waals surface area contributed by atoms with E-state index in [1.807, 2.05) is 0 Å². The zero-order valence-corrected chi connectivity index (χ0v) is 8.35. The van der Waals surface area contributed by atoms with Crippen molar-refractivity contribution in [2.75, 3.05) is 19.8 Å². The Morgan fingerprint density at radius 3 is 2.60 bits per heavy atom. The predicted molar refractivity (Wildman–Crippen MR) is 41.7 cm³/mol. The molecule has 0 N–H and O–H groups in total. The van der Waals surface area contributed by atoms with E-state index in [0.29, 0.717) is 0 Å². The van der Waals surface area contributed by atoms with Gasteiger partial charge in [-0.2, -0.15) is 4.39 Å². The monoisotopic (exact) mass is 242 g/mol. The molecule has 2 saturated heterocycles. The predicted octanol–water partition coefficient (Wildman–Crippen LogP) is 0.989. The van der Waals surface area contributed by atoms with Gasteiger partial charge in [-0.3, -0.25) is 13.6 Å². The number of phosphoric ester groups is 1. The van der Waals surface area contributed by atoms with E-state index in [4.69, 9.17) is 4.52 Å². The third-order valence-electron chi connectivity index (χ3n) is 1.73. The molecular formula is C6H8FO7P. The quantitative estimate of drug-likeness (QED) is 0.539. The van der Waals surface area contributed by atoms with Gasteiger partial charge in [0.2, 0.25) is 0 Å². The van der Waals surface area contributed by atoms with Crippen LogP contribution in [0.25, 0.3) is 0 Å². The highest BCUT2D eigenvalue weighted by molar-refractivity contribution is 7.48. The molecule has 0 aliphatic carbocycles. The lowest BCUT2D eigenvalue weighted by molar-refractivity contribution is 0.00727. The Labute approximate surface area is 84.0 Å². The maximum absolute atomic E-state index is 12.8. The summed E-state index contributed by atoms with van der Waals surface area (Å²) in [5.41, 5.74) is 0. The van der Waals surface area contributed by atoms with Gasteiger partial charge in [-0.15, -0.1) is 0 Å². The molecule has 0 amide bonds. The van der Waals surface area contributed by atoms with E-state index >= 15 is 0 Å². The number of ether oxygens (including phenoxy) is 2. The lowest BCUT2D eigenvalue weighted by Crippen LogP contribution is -2.23. The van der Waals surface area contributed by atoms with Crippen LogP contribution in [-0.4, -0.2) is 38.4 Å². The first-order chi connectivity index (χ1) is 7.09. The van der Waals surface area contributed by atoms with Gasteiger partial charge >= 0.3 is 14.0 Å². The fourth-order valence-corrected chi connectivity index (χ4v) is 2.21. The molecule has 2 unspecified atom stereocenters. The second kappa shape index (κ2) is 4.05. The number of phosphoric acid groups is 1. The summed E-state index contributed by atoms with van der Waals surface area (Å²) < 4.78 is 46.7. The van der Waals surface area contributed by atoms with Crippen molar-refractivity contribution in [2.24, 2.45) is 0 Å². The van der Waals surface area contributed by atoms with Crippen LogP contribution < -0.4 is 0 Å². The molecule has 2 fully saturated rings. The highest BCUT2D eigenvalue weighted by Crippen LogP contribution is 2.52. The number of hydrogen-bond acceptors (Lipinski definition) is 7.